The first kappa shape index (κ1) is 22.9. The smallest absolute Gasteiger partial charge is 0.417 e. The molecule has 0 unspecified atom stereocenters. The normalized spacial score (nSPS) is 11.0. The molecule has 4 rings (SSSR count). The molecule has 2 aromatic carbocycles. The van der Waals surface area contributed by atoms with Crippen molar-refractivity contribution in [3.63, 3.8) is 0 Å². The molecule has 4 aromatic rings. The summed E-state index contributed by atoms with van der Waals surface area (Å²) in [5.41, 5.74) is 0.359. The van der Waals surface area contributed by atoms with Crippen LogP contribution in [-0.4, -0.2) is 21.8 Å². The second kappa shape index (κ2) is 9.71. The summed E-state index contributed by atoms with van der Waals surface area (Å²) in [4.78, 5) is 32.5. The number of alkyl halides is 3. The number of benzene rings is 2. The molecule has 34 heavy (non-hydrogen) atoms. The summed E-state index contributed by atoms with van der Waals surface area (Å²) in [6, 6.07) is 16.5. The molecule has 0 spiro atoms. The fraction of sp³-hybridized carbons (Fsp3) is 0.0435. The Morgan fingerprint density at radius 3 is 2.29 bits per heavy atom. The number of ether oxygens (including phenoxy) is 1. The van der Waals surface area contributed by atoms with Gasteiger partial charge in [0.15, 0.2) is 5.69 Å². The molecule has 0 aliphatic carbocycles. The van der Waals surface area contributed by atoms with E-state index in [1.54, 1.807) is 24.3 Å². The van der Waals surface area contributed by atoms with Crippen molar-refractivity contribution in [2.75, 3.05) is 10.6 Å². The molecule has 0 radical (unpaired) electrons. The Morgan fingerprint density at radius 2 is 1.59 bits per heavy atom. The number of thiazole rings is 1. The molecule has 0 saturated heterocycles. The number of aromatic nitrogens is 2. The lowest BCUT2D eigenvalue weighted by Crippen LogP contribution is -2.18. The van der Waals surface area contributed by atoms with Crippen LogP contribution < -0.4 is 15.4 Å². The molecule has 2 heterocycles. The third kappa shape index (κ3) is 5.56. The molecule has 0 aliphatic rings. The van der Waals surface area contributed by atoms with E-state index in [1.807, 2.05) is 30.3 Å². The highest BCUT2D eigenvalue weighted by Gasteiger charge is 2.31. The summed E-state index contributed by atoms with van der Waals surface area (Å²) >= 11 is 0.958. The van der Waals surface area contributed by atoms with Crippen LogP contribution in [0.3, 0.4) is 0 Å². The van der Waals surface area contributed by atoms with E-state index in [0.717, 1.165) is 17.5 Å². The Morgan fingerprint density at radius 1 is 0.882 bits per heavy atom. The summed E-state index contributed by atoms with van der Waals surface area (Å²) in [6.45, 7) is 0. The molecule has 2 N–H and O–H groups in total. The number of rotatable bonds is 6. The highest BCUT2D eigenvalue weighted by atomic mass is 32.1. The van der Waals surface area contributed by atoms with Gasteiger partial charge >= 0.3 is 6.18 Å². The third-order valence-electron chi connectivity index (χ3n) is 4.43. The Labute approximate surface area is 195 Å². The first-order valence-electron chi connectivity index (χ1n) is 9.71. The van der Waals surface area contributed by atoms with Crippen molar-refractivity contribution in [3.8, 4) is 11.5 Å². The van der Waals surface area contributed by atoms with Gasteiger partial charge < -0.3 is 15.4 Å². The van der Waals surface area contributed by atoms with Crippen molar-refractivity contribution in [1.29, 1.82) is 0 Å². The Balaban J connectivity index is 1.42. The van der Waals surface area contributed by atoms with Crippen LogP contribution in [-0.2, 0) is 6.18 Å². The van der Waals surface area contributed by atoms with Gasteiger partial charge in [-0.05, 0) is 42.5 Å². The number of nitrogens with one attached hydrogen (secondary N) is 2. The number of hydrogen-bond donors (Lipinski definition) is 2. The molecular formula is C23H15F3N4O3S. The lowest BCUT2D eigenvalue weighted by molar-refractivity contribution is -0.137. The fourth-order valence-electron chi connectivity index (χ4n) is 2.81. The van der Waals surface area contributed by atoms with Gasteiger partial charge in [0.1, 0.15) is 16.5 Å². The summed E-state index contributed by atoms with van der Waals surface area (Å²) in [6.07, 6.45) is -3.01. The average Bonchev–Trinajstić information content (AvgIpc) is 3.29. The third-order valence-corrected chi connectivity index (χ3v) is 5.17. The van der Waals surface area contributed by atoms with E-state index in [4.69, 9.17) is 4.74 Å². The second-order valence-electron chi connectivity index (χ2n) is 6.84. The summed E-state index contributed by atoms with van der Waals surface area (Å²) in [5.74, 6) is -0.214. The minimum absolute atomic E-state index is 0.0807. The van der Waals surface area contributed by atoms with Crippen molar-refractivity contribution < 1.29 is 27.5 Å². The minimum atomic E-state index is -4.64. The van der Waals surface area contributed by atoms with Gasteiger partial charge in [0, 0.05) is 18.1 Å². The van der Waals surface area contributed by atoms with Crippen LogP contribution in [0.4, 0.5) is 23.9 Å². The zero-order valence-electron chi connectivity index (χ0n) is 17.2. The number of para-hydroxylation sites is 1. The average molecular weight is 484 g/mol. The summed E-state index contributed by atoms with van der Waals surface area (Å²) < 4.78 is 44.3. The number of anilines is 2. The van der Waals surface area contributed by atoms with E-state index in [-0.39, 0.29) is 16.3 Å². The number of amides is 2. The molecule has 0 saturated carbocycles. The Kier molecular flexibility index (Phi) is 6.55. The van der Waals surface area contributed by atoms with Crippen LogP contribution in [0.5, 0.6) is 11.5 Å². The minimum Gasteiger partial charge on any atom is -0.457 e. The Hall–Kier alpha value is -4.25. The standard InChI is InChI=1S/C23H15F3N4O3S/c24-23(25,26)15-10-14(11-27-12-15)20(31)30-22-19(28-13-34-22)21(32)29-16-6-8-18(9-7-16)33-17-4-2-1-3-5-17/h1-13H,(H,29,32)(H,30,31). The molecule has 0 atom stereocenters. The van der Waals surface area contributed by atoms with E-state index in [0.29, 0.717) is 29.4 Å². The van der Waals surface area contributed by atoms with Gasteiger partial charge in [0.2, 0.25) is 0 Å². The zero-order valence-corrected chi connectivity index (χ0v) is 18.0. The van der Waals surface area contributed by atoms with E-state index in [1.165, 1.54) is 5.51 Å². The molecule has 0 bridgehead atoms. The first-order valence-corrected chi connectivity index (χ1v) is 10.6. The van der Waals surface area contributed by atoms with E-state index in [2.05, 4.69) is 20.6 Å². The van der Waals surface area contributed by atoms with Crippen molar-refractivity contribution in [3.05, 3.63) is 95.4 Å². The predicted octanol–water partition coefficient (Wildman–Crippen LogP) is 5.85. The maximum Gasteiger partial charge on any atom is 0.417 e. The number of carbonyl (C=O) groups excluding carboxylic acids is 2. The summed E-state index contributed by atoms with van der Waals surface area (Å²) in [5, 5.41) is 5.16. The van der Waals surface area contributed by atoms with Crippen molar-refractivity contribution in [2.45, 2.75) is 6.18 Å². The molecule has 0 fully saturated rings. The second-order valence-corrected chi connectivity index (χ2v) is 7.69. The molecule has 0 aliphatic heterocycles. The van der Waals surface area contributed by atoms with Crippen molar-refractivity contribution in [1.82, 2.24) is 9.97 Å². The molecule has 11 heteroatoms. The maximum atomic E-state index is 12.9. The molecule has 2 aromatic heterocycles. The van der Waals surface area contributed by atoms with Crippen LogP contribution in [0.15, 0.2) is 78.6 Å². The largest absolute Gasteiger partial charge is 0.457 e. The van der Waals surface area contributed by atoms with E-state index < -0.39 is 23.6 Å². The maximum absolute atomic E-state index is 12.9. The van der Waals surface area contributed by atoms with Crippen molar-refractivity contribution in [2.24, 2.45) is 0 Å². The van der Waals surface area contributed by atoms with Gasteiger partial charge in [-0.25, -0.2) is 4.98 Å². The van der Waals surface area contributed by atoms with Crippen LogP contribution in [0, 0.1) is 0 Å². The topological polar surface area (TPSA) is 93.2 Å². The fourth-order valence-corrected chi connectivity index (χ4v) is 3.48. The zero-order chi connectivity index (χ0) is 24.1. The first-order chi connectivity index (χ1) is 16.3. The van der Waals surface area contributed by atoms with Crippen LogP contribution in [0.1, 0.15) is 26.4 Å². The summed E-state index contributed by atoms with van der Waals surface area (Å²) in [7, 11) is 0. The van der Waals surface area contributed by atoms with Gasteiger partial charge in [0.05, 0.1) is 16.6 Å². The number of halogens is 3. The van der Waals surface area contributed by atoms with Gasteiger partial charge in [-0.1, -0.05) is 18.2 Å². The lowest BCUT2D eigenvalue weighted by Gasteiger charge is -2.09. The van der Waals surface area contributed by atoms with Gasteiger partial charge in [-0.15, -0.1) is 11.3 Å². The number of pyridine rings is 1. The monoisotopic (exact) mass is 484 g/mol. The highest BCUT2D eigenvalue weighted by molar-refractivity contribution is 7.14. The Bertz CT molecular complexity index is 1310. The number of nitrogens with zero attached hydrogens (tertiary/aromatic N) is 2. The quantitative estimate of drug-likeness (QED) is 0.358. The highest BCUT2D eigenvalue weighted by Crippen LogP contribution is 2.29. The van der Waals surface area contributed by atoms with Gasteiger partial charge in [-0.3, -0.25) is 14.6 Å². The predicted molar refractivity (Wildman–Crippen MR) is 120 cm³/mol. The molecule has 2 amide bonds. The number of carbonyl (C=O) groups is 2. The number of hydrogen-bond acceptors (Lipinski definition) is 6. The molecule has 172 valence electrons. The van der Waals surface area contributed by atoms with E-state index >= 15 is 0 Å². The lowest BCUT2D eigenvalue weighted by atomic mass is 10.2. The van der Waals surface area contributed by atoms with Crippen LogP contribution in [0.25, 0.3) is 0 Å². The molecule has 7 nitrogen and oxygen atoms in total. The van der Waals surface area contributed by atoms with Crippen molar-refractivity contribution >= 4 is 33.8 Å². The van der Waals surface area contributed by atoms with Gasteiger partial charge in [-0.2, -0.15) is 13.2 Å². The SMILES string of the molecule is O=C(Nc1scnc1C(=O)Nc1ccc(Oc2ccccc2)cc1)c1cncc(C(F)(F)F)c1. The molecular weight excluding hydrogens is 469 g/mol. The van der Waals surface area contributed by atoms with E-state index in [9.17, 15) is 22.8 Å². The van der Waals surface area contributed by atoms with Crippen LogP contribution in [0.2, 0.25) is 0 Å². The van der Waals surface area contributed by atoms with Crippen LogP contribution >= 0.6 is 11.3 Å². The van der Waals surface area contributed by atoms with Gasteiger partial charge in [0.25, 0.3) is 11.8 Å².